The van der Waals surface area contributed by atoms with Gasteiger partial charge in [0.15, 0.2) is 0 Å². The Morgan fingerprint density at radius 2 is 1.93 bits per heavy atom. The first kappa shape index (κ1) is 13.4. The summed E-state index contributed by atoms with van der Waals surface area (Å²) in [6.45, 7) is 9.01. The predicted octanol–water partition coefficient (Wildman–Crippen LogP) is 2.12. The van der Waals surface area contributed by atoms with Gasteiger partial charge < -0.3 is 10.4 Å². The maximum absolute atomic E-state index is 11.0. The fraction of sp³-hybridized carbons (Fsp3) is 0.909. The van der Waals surface area contributed by atoms with E-state index in [0.29, 0.717) is 5.92 Å². The van der Waals surface area contributed by atoms with Gasteiger partial charge in [-0.1, -0.05) is 34.1 Å². The van der Waals surface area contributed by atoms with Crippen LogP contribution in [0.3, 0.4) is 0 Å². The summed E-state index contributed by atoms with van der Waals surface area (Å²) in [5.41, 5.74) is 0. The number of nitrogens with one attached hydrogen (secondary N) is 1. The molecule has 0 aliphatic carbocycles. The third-order valence-electron chi connectivity index (χ3n) is 2.33. The van der Waals surface area contributed by atoms with Crippen LogP contribution in [0.2, 0.25) is 0 Å². The minimum absolute atomic E-state index is 0.205. The number of rotatable bonds is 7. The van der Waals surface area contributed by atoms with Crippen LogP contribution in [0.4, 0.5) is 0 Å². The van der Waals surface area contributed by atoms with Gasteiger partial charge in [0.1, 0.15) is 6.04 Å². The summed E-state index contributed by atoms with van der Waals surface area (Å²) in [6, 6.07) is -0.391. The molecule has 0 aliphatic rings. The Hall–Kier alpha value is -0.570. The number of carbonyl (C=O) groups is 1. The summed E-state index contributed by atoms with van der Waals surface area (Å²) < 4.78 is 0. The minimum Gasteiger partial charge on any atom is -0.480 e. The van der Waals surface area contributed by atoms with Crippen LogP contribution in [0.5, 0.6) is 0 Å². The number of aliphatic carboxylic acids is 1. The first-order chi connectivity index (χ1) is 6.49. The molecule has 0 saturated heterocycles. The largest absolute Gasteiger partial charge is 0.480 e. The number of carboxylic acid groups (broad SMARTS) is 1. The molecular weight excluding hydrogens is 178 g/mol. The predicted molar refractivity (Wildman–Crippen MR) is 58.3 cm³/mol. The Kier molecular flexibility index (Phi) is 6.54. The topological polar surface area (TPSA) is 49.3 Å². The van der Waals surface area contributed by atoms with Gasteiger partial charge in [-0.15, -0.1) is 0 Å². The van der Waals surface area contributed by atoms with Crippen LogP contribution in [0.25, 0.3) is 0 Å². The van der Waals surface area contributed by atoms with E-state index >= 15 is 0 Å². The minimum atomic E-state index is -0.730. The first-order valence-corrected chi connectivity index (χ1v) is 5.45. The molecule has 3 nitrogen and oxygen atoms in total. The lowest BCUT2D eigenvalue weighted by Crippen LogP contribution is -2.43. The zero-order valence-electron chi connectivity index (χ0n) is 9.71. The van der Waals surface area contributed by atoms with E-state index in [-0.39, 0.29) is 5.92 Å². The Morgan fingerprint density at radius 3 is 2.29 bits per heavy atom. The molecule has 2 N–H and O–H groups in total. The van der Waals surface area contributed by atoms with Crippen LogP contribution in [0, 0.1) is 11.8 Å². The smallest absolute Gasteiger partial charge is 0.320 e. The van der Waals surface area contributed by atoms with Crippen molar-refractivity contribution < 1.29 is 9.90 Å². The van der Waals surface area contributed by atoms with Crippen molar-refractivity contribution in [3.63, 3.8) is 0 Å². The summed E-state index contributed by atoms with van der Waals surface area (Å²) in [4.78, 5) is 11.0. The van der Waals surface area contributed by atoms with E-state index in [1.807, 2.05) is 6.92 Å². The molecule has 0 aromatic heterocycles. The van der Waals surface area contributed by atoms with Gasteiger partial charge in [0.25, 0.3) is 0 Å². The van der Waals surface area contributed by atoms with Crippen molar-refractivity contribution in [2.45, 2.75) is 46.6 Å². The Labute approximate surface area is 86.9 Å². The monoisotopic (exact) mass is 201 g/mol. The van der Waals surface area contributed by atoms with Crippen molar-refractivity contribution >= 4 is 5.97 Å². The number of carboxylic acids is 1. The second-order valence-electron chi connectivity index (χ2n) is 4.38. The number of hydrogen-bond donors (Lipinski definition) is 2. The number of hydrogen-bond acceptors (Lipinski definition) is 2. The molecular formula is C11H23NO2. The standard InChI is InChI=1S/C11H23NO2/c1-5-6-9(4)10(11(13)14)12-7-8(2)3/h8-10,12H,5-7H2,1-4H3,(H,13,14). The van der Waals surface area contributed by atoms with Crippen molar-refractivity contribution in [3.05, 3.63) is 0 Å². The van der Waals surface area contributed by atoms with Crippen LogP contribution in [-0.4, -0.2) is 23.7 Å². The SMILES string of the molecule is CCCC(C)C(NCC(C)C)C(=O)O. The van der Waals surface area contributed by atoms with E-state index in [0.717, 1.165) is 19.4 Å². The van der Waals surface area contributed by atoms with E-state index in [9.17, 15) is 4.79 Å². The molecule has 0 aliphatic heterocycles. The average molecular weight is 201 g/mol. The first-order valence-electron chi connectivity index (χ1n) is 5.45. The van der Waals surface area contributed by atoms with E-state index in [4.69, 9.17) is 5.11 Å². The van der Waals surface area contributed by atoms with Crippen molar-refractivity contribution in [1.29, 1.82) is 0 Å². The maximum Gasteiger partial charge on any atom is 0.320 e. The Bertz CT molecular complexity index is 169. The van der Waals surface area contributed by atoms with Crippen LogP contribution >= 0.6 is 0 Å². The fourth-order valence-electron chi connectivity index (χ4n) is 1.52. The summed E-state index contributed by atoms with van der Waals surface area (Å²) in [7, 11) is 0. The molecule has 84 valence electrons. The third kappa shape index (κ3) is 5.22. The maximum atomic E-state index is 11.0. The highest BCUT2D eigenvalue weighted by Crippen LogP contribution is 2.11. The van der Waals surface area contributed by atoms with Crippen LogP contribution in [0.1, 0.15) is 40.5 Å². The van der Waals surface area contributed by atoms with E-state index in [1.165, 1.54) is 0 Å². The molecule has 0 heterocycles. The fourth-order valence-corrected chi connectivity index (χ4v) is 1.52. The molecule has 2 atom stereocenters. The van der Waals surface area contributed by atoms with Crippen molar-refractivity contribution in [2.24, 2.45) is 11.8 Å². The lowest BCUT2D eigenvalue weighted by molar-refractivity contribution is -0.140. The van der Waals surface area contributed by atoms with Gasteiger partial charge >= 0.3 is 5.97 Å². The molecule has 0 rings (SSSR count). The summed E-state index contributed by atoms with van der Waals surface area (Å²) >= 11 is 0. The van der Waals surface area contributed by atoms with Gasteiger partial charge in [-0.3, -0.25) is 4.79 Å². The second-order valence-corrected chi connectivity index (χ2v) is 4.38. The van der Waals surface area contributed by atoms with E-state index < -0.39 is 12.0 Å². The highest BCUT2D eigenvalue weighted by Gasteiger charge is 2.23. The summed E-state index contributed by atoms with van der Waals surface area (Å²) in [6.07, 6.45) is 2.00. The average Bonchev–Trinajstić information content (AvgIpc) is 2.03. The quantitative estimate of drug-likeness (QED) is 0.663. The van der Waals surface area contributed by atoms with Gasteiger partial charge in [0.05, 0.1) is 0 Å². The highest BCUT2D eigenvalue weighted by molar-refractivity contribution is 5.73. The highest BCUT2D eigenvalue weighted by atomic mass is 16.4. The zero-order valence-corrected chi connectivity index (χ0v) is 9.71. The third-order valence-corrected chi connectivity index (χ3v) is 2.33. The molecule has 2 unspecified atom stereocenters. The molecule has 0 spiro atoms. The molecule has 14 heavy (non-hydrogen) atoms. The van der Waals surface area contributed by atoms with Crippen LogP contribution < -0.4 is 5.32 Å². The molecule has 0 radical (unpaired) electrons. The van der Waals surface area contributed by atoms with Gasteiger partial charge in [0, 0.05) is 0 Å². The van der Waals surface area contributed by atoms with Crippen molar-refractivity contribution in [3.8, 4) is 0 Å². The zero-order chi connectivity index (χ0) is 11.1. The molecule has 3 heteroatoms. The molecule has 0 fully saturated rings. The van der Waals surface area contributed by atoms with Gasteiger partial charge in [-0.25, -0.2) is 0 Å². The molecule has 0 aromatic rings. The lowest BCUT2D eigenvalue weighted by Gasteiger charge is -2.21. The second kappa shape index (κ2) is 6.82. The molecule has 0 aromatic carbocycles. The van der Waals surface area contributed by atoms with E-state index in [2.05, 4.69) is 26.1 Å². The van der Waals surface area contributed by atoms with Gasteiger partial charge in [-0.05, 0) is 24.8 Å². The van der Waals surface area contributed by atoms with Crippen molar-refractivity contribution in [1.82, 2.24) is 5.32 Å². The van der Waals surface area contributed by atoms with Gasteiger partial charge in [0.2, 0.25) is 0 Å². The summed E-state index contributed by atoms with van der Waals surface area (Å²) in [5, 5.41) is 12.1. The normalized spacial score (nSPS) is 15.5. The van der Waals surface area contributed by atoms with Crippen LogP contribution in [0.15, 0.2) is 0 Å². The molecule has 0 bridgehead atoms. The summed E-state index contributed by atoms with van der Waals surface area (Å²) in [5.74, 6) is -0.0338. The van der Waals surface area contributed by atoms with Crippen molar-refractivity contribution in [2.75, 3.05) is 6.54 Å². The Morgan fingerprint density at radius 1 is 1.36 bits per heavy atom. The molecule has 0 amide bonds. The van der Waals surface area contributed by atoms with E-state index in [1.54, 1.807) is 0 Å². The Balaban J connectivity index is 4.07. The molecule has 0 saturated carbocycles. The van der Waals surface area contributed by atoms with Gasteiger partial charge in [-0.2, -0.15) is 0 Å². The van der Waals surface area contributed by atoms with Crippen LogP contribution in [-0.2, 0) is 4.79 Å². The lowest BCUT2D eigenvalue weighted by atomic mass is 9.96.